The van der Waals surface area contributed by atoms with Crippen LogP contribution in [0.2, 0.25) is 0 Å². The van der Waals surface area contributed by atoms with Crippen molar-refractivity contribution in [3.8, 4) is 11.5 Å². The molecule has 3 aliphatic rings. The minimum Gasteiger partial charge on any atom is -0.497 e. The summed E-state index contributed by atoms with van der Waals surface area (Å²) in [6.45, 7) is 0. The van der Waals surface area contributed by atoms with Gasteiger partial charge in [0.25, 0.3) is 0 Å². The van der Waals surface area contributed by atoms with Crippen LogP contribution < -0.4 is 9.47 Å². The van der Waals surface area contributed by atoms with Crippen molar-refractivity contribution in [3.63, 3.8) is 0 Å². The van der Waals surface area contributed by atoms with E-state index in [-0.39, 0.29) is 6.42 Å². The Morgan fingerprint density at radius 1 is 0.862 bits per heavy atom. The van der Waals surface area contributed by atoms with E-state index in [0.717, 1.165) is 0 Å². The number of benzene rings is 3. The van der Waals surface area contributed by atoms with E-state index in [1.807, 2.05) is 12.1 Å². The summed E-state index contributed by atoms with van der Waals surface area (Å²) in [4.78, 5) is 13.1. The number of carbonyl (C=O) groups is 1. The van der Waals surface area contributed by atoms with Crippen molar-refractivity contribution in [1.82, 2.24) is 0 Å². The second kappa shape index (κ2) is 6.17. The number of para-hydroxylation sites is 1. The van der Waals surface area contributed by atoms with Crippen LogP contribution in [-0.4, -0.2) is 23.3 Å². The summed E-state index contributed by atoms with van der Waals surface area (Å²) in [5, 5.41) is 23.7. The molecule has 2 bridgehead atoms. The van der Waals surface area contributed by atoms with Crippen molar-refractivity contribution in [1.29, 1.82) is 0 Å². The number of hydrogen-bond acceptors (Lipinski definition) is 5. The summed E-state index contributed by atoms with van der Waals surface area (Å²) in [7, 11) is 1.55. The van der Waals surface area contributed by atoms with Crippen LogP contribution in [0.25, 0.3) is 0 Å². The Morgan fingerprint density at radius 3 is 2.24 bits per heavy atom. The fourth-order valence-corrected chi connectivity index (χ4v) is 4.76. The van der Waals surface area contributed by atoms with Gasteiger partial charge in [-0.25, -0.2) is 0 Å². The SMILES string of the molecule is COc1ccc2c(c1)C1(O)CC(C(=O)Oc3ccccc3)C2(O)c2ccccc21. The molecule has 5 heteroatoms. The van der Waals surface area contributed by atoms with Crippen molar-refractivity contribution in [2.45, 2.75) is 17.6 Å². The maximum absolute atomic E-state index is 13.1. The van der Waals surface area contributed by atoms with Crippen LogP contribution in [-0.2, 0) is 16.0 Å². The molecule has 3 unspecified atom stereocenters. The summed E-state index contributed by atoms with van der Waals surface area (Å²) in [6.07, 6.45) is 0.0202. The van der Waals surface area contributed by atoms with Gasteiger partial charge in [-0.2, -0.15) is 0 Å². The van der Waals surface area contributed by atoms with E-state index < -0.39 is 23.1 Å². The molecule has 0 spiro atoms. The number of esters is 1. The molecule has 0 heterocycles. The van der Waals surface area contributed by atoms with Crippen LogP contribution in [0.5, 0.6) is 11.5 Å². The lowest BCUT2D eigenvalue weighted by atomic mass is 9.54. The van der Waals surface area contributed by atoms with Gasteiger partial charge < -0.3 is 19.7 Å². The van der Waals surface area contributed by atoms with E-state index in [2.05, 4.69) is 0 Å². The minimum atomic E-state index is -1.60. The molecule has 146 valence electrons. The normalized spacial score (nSPS) is 26.4. The van der Waals surface area contributed by atoms with Gasteiger partial charge in [-0.05, 0) is 46.5 Å². The standard InChI is InChI=1S/C24H20O5/c1-28-16-11-12-19-20(13-16)23(26)14-21(22(25)29-15-7-3-2-4-8-15)24(19,27)18-10-6-5-9-17(18)23/h2-13,21,26-27H,14H2,1H3. The van der Waals surface area contributed by atoms with Gasteiger partial charge in [0.15, 0.2) is 0 Å². The first-order valence-corrected chi connectivity index (χ1v) is 9.49. The molecule has 3 aromatic rings. The Hall–Kier alpha value is -3.15. The molecular weight excluding hydrogens is 368 g/mol. The van der Waals surface area contributed by atoms with Crippen molar-refractivity contribution in [2.24, 2.45) is 5.92 Å². The first kappa shape index (κ1) is 17.9. The zero-order valence-corrected chi connectivity index (χ0v) is 15.8. The third-order valence-electron chi connectivity index (χ3n) is 6.12. The highest BCUT2D eigenvalue weighted by Crippen LogP contribution is 2.60. The van der Waals surface area contributed by atoms with E-state index in [1.54, 1.807) is 67.8 Å². The van der Waals surface area contributed by atoms with Crippen LogP contribution in [0.4, 0.5) is 0 Å². The van der Waals surface area contributed by atoms with Crippen molar-refractivity contribution >= 4 is 5.97 Å². The minimum absolute atomic E-state index is 0.0202. The molecule has 29 heavy (non-hydrogen) atoms. The van der Waals surface area contributed by atoms with Gasteiger partial charge in [-0.15, -0.1) is 0 Å². The first-order valence-electron chi connectivity index (χ1n) is 9.49. The van der Waals surface area contributed by atoms with Gasteiger partial charge in [-0.3, -0.25) is 4.79 Å². The molecule has 0 saturated heterocycles. The van der Waals surface area contributed by atoms with Crippen molar-refractivity contribution < 1.29 is 24.5 Å². The molecule has 0 saturated carbocycles. The van der Waals surface area contributed by atoms with Gasteiger partial charge in [-0.1, -0.05) is 48.5 Å². The number of rotatable bonds is 3. The maximum Gasteiger partial charge on any atom is 0.318 e. The van der Waals surface area contributed by atoms with Crippen LogP contribution in [0.3, 0.4) is 0 Å². The Labute approximate surface area is 168 Å². The number of carbonyl (C=O) groups excluding carboxylic acids is 1. The molecule has 0 aromatic heterocycles. The number of methoxy groups -OCH3 is 1. The number of hydrogen-bond donors (Lipinski definition) is 2. The monoisotopic (exact) mass is 388 g/mol. The smallest absolute Gasteiger partial charge is 0.318 e. The average molecular weight is 388 g/mol. The summed E-state index contributed by atoms with van der Waals surface area (Å²) < 4.78 is 10.9. The van der Waals surface area contributed by atoms with Gasteiger partial charge in [0.05, 0.1) is 13.0 Å². The average Bonchev–Trinajstić information content (AvgIpc) is 2.76. The summed E-state index contributed by atoms with van der Waals surface area (Å²) in [5.74, 6) is -0.552. The lowest BCUT2D eigenvalue weighted by Gasteiger charge is -2.53. The number of ether oxygens (including phenoxy) is 2. The quantitative estimate of drug-likeness (QED) is 0.533. The highest BCUT2D eigenvalue weighted by molar-refractivity contribution is 5.81. The zero-order valence-electron chi connectivity index (χ0n) is 15.8. The lowest BCUT2D eigenvalue weighted by molar-refractivity contribution is -0.157. The fraction of sp³-hybridized carbons (Fsp3) is 0.208. The fourth-order valence-electron chi connectivity index (χ4n) is 4.76. The second-order valence-electron chi connectivity index (χ2n) is 7.57. The zero-order chi connectivity index (χ0) is 20.2. The molecule has 5 nitrogen and oxygen atoms in total. The molecule has 0 fully saturated rings. The van der Waals surface area contributed by atoms with E-state index in [1.165, 1.54) is 0 Å². The van der Waals surface area contributed by atoms with Crippen molar-refractivity contribution in [3.05, 3.63) is 95.1 Å². The Balaban J connectivity index is 1.68. The molecule has 0 aliphatic heterocycles. The molecule has 0 amide bonds. The van der Waals surface area contributed by atoms with E-state index in [0.29, 0.717) is 33.8 Å². The molecule has 6 rings (SSSR count). The molecule has 0 radical (unpaired) electrons. The Kier molecular flexibility index (Phi) is 3.81. The number of fused-ring (bicyclic) bond motifs is 1. The first-order chi connectivity index (χ1) is 14.0. The van der Waals surface area contributed by atoms with Crippen LogP contribution in [0, 0.1) is 5.92 Å². The third-order valence-corrected chi connectivity index (χ3v) is 6.12. The van der Waals surface area contributed by atoms with E-state index in [9.17, 15) is 15.0 Å². The van der Waals surface area contributed by atoms with Gasteiger partial charge in [0, 0.05) is 6.42 Å². The molecular formula is C24H20O5. The highest BCUT2D eigenvalue weighted by Gasteiger charge is 2.62. The van der Waals surface area contributed by atoms with Crippen molar-refractivity contribution in [2.75, 3.05) is 7.11 Å². The van der Waals surface area contributed by atoms with E-state index in [4.69, 9.17) is 9.47 Å². The third kappa shape index (κ3) is 2.38. The van der Waals surface area contributed by atoms with Gasteiger partial charge in [0.1, 0.15) is 22.7 Å². The van der Waals surface area contributed by atoms with E-state index >= 15 is 0 Å². The molecule has 3 aliphatic carbocycles. The molecule has 2 N–H and O–H groups in total. The molecule has 3 atom stereocenters. The van der Waals surface area contributed by atoms with Crippen LogP contribution >= 0.6 is 0 Å². The second-order valence-corrected chi connectivity index (χ2v) is 7.57. The van der Waals surface area contributed by atoms with Gasteiger partial charge >= 0.3 is 5.97 Å². The topological polar surface area (TPSA) is 76.0 Å². The number of aliphatic hydroxyl groups is 2. The van der Waals surface area contributed by atoms with Crippen LogP contribution in [0.15, 0.2) is 72.8 Å². The summed E-state index contributed by atoms with van der Waals surface area (Å²) >= 11 is 0. The summed E-state index contributed by atoms with van der Waals surface area (Å²) in [5.41, 5.74) is -0.837. The highest BCUT2D eigenvalue weighted by atomic mass is 16.5. The Bertz CT molecular complexity index is 1110. The lowest BCUT2D eigenvalue weighted by Crippen LogP contribution is -2.57. The maximum atomic E-state index is 13.1. The summed E-state index contributed by atoms with van der Waals surface area (Å²) in [6, 6.07) is 21.1. The molecule has 3 aromatic carbocycles. The predicted molar refractivity (Wildman–Crippen MR) is 106 cm³/mol. The largest absolute Gasteiger partial charge is 0.497 e. The Morgan fingerprint density at radius 2 is 1.52 bits per heavy atom. The predicted octanol–water partition coefficient (Wildman–Crippen LogP) is 3.11. The van der Waals surface area contributed by atoms with Gasteiger partial charge in [0.2, 0.25) is 0 Å². The van der Waals surface area contributed by atoms with Crippen LogP contribution in [0.1, 0.15) is 28.7 Å².